The van der Waals surface area contributed by atoms with Gasteiger partial charge in [-0.15, -0.1) is 0 Å². The van der Waals surface area contributed by atoms with Crippen LogP contribution in [0.25, 0.3) is 0 Å². The van der Waals surface area contributed by atoms with Crippen LogP contribution in [-0.2, 0) is 0 Å². The van der Waals surface area contributed by atoms with E-state index in [0.717, 1.165) is 19.4 Å². The van der Waals surface area contributed by atoms with Gasteiger partial charge in [0.15, 0.2) is 0 Å². The second-order valence-electron chi connectivity index (χ2n) is 6.08. The van der Waals surface area contributed by atoms with E-state index in [1.165, 1.54) is 12.1 Å². The zero-order chi connectivity index (χ0) is 15.5. The summed E-state index contributed by atoms with van der Waals surface area (Å²) >= 11 is 0. The first-order valence-corrected chi connectivity index (χ1v) is 7.17. The minimum Gasteiger partial charge on any atom is -0.350 e. The van der Waals surface area contributed by atoms with Crippen LogP contribution < -0.4 is 10.6 Å². The molecular weight excluding hydrogens is 270 g/mol. The molecule has 2 N–H and O–H groups in total. The summed E-state index contributed by atoms with van der Waals surface area (Å²) < 4.78 is 0. The van der Waals surface area contributed by atoms with E-state index in [9.17, 15) is 14.9 Å². The van der Waals surface area contributed by atoms with Gasteiger partial charge >= 0.3 is 0 Å². The molecule has 1 aromatic carbocycles. The first-order chi connectivity index (χ1) is 9.92. The smallest absolute Gasteiger partial charge is 0.282 e. The molecular formula is C15H21N3O3. The summed E-state index contributed by atoms with van der Waals surface area (Å²) in [6.45, 7) is 5.75. The standard InChI is InChI=1S/C15H21N3O3/c1-15(2)8-5-9-16-13(15)10-17-14(19)11-6-3-4-7-12(11)18(20)21/h3-4,6-7,13,16H,5,8-10H2,1-2H3,(H,17,19). The van der Waals surface area contributed by atoms with Gasteiger partial charge in [0.25, 0.3) is 11.6 Å². The molecule has 1 saturated heterocycles. The third kappa shape index (κ3) is 3.58. The summed E-state index contributed by atoms with van der Waals surface area (Å²) in [5.74, 6) is -0.398. The summed E-state index contributed by atoms with van der Waals surface area (Å²) in [5.41, 5.74) is 0.0516. The van der Waals surface area contributed by atoms with E-state index in [0.29, 0.717) is 6.54 Å². The van der Waals surface area contributed by atoms with E-state index in [2.05, 4.69) is 24.5 Å². The molecule has 0 aromatic heterocycles. The topological polar surface area (TPSA) is 84.3 Å². The highest BCUT2D eigenvalue weighted by Gasteiger charge is 2.32. The molecule has 114 valence electrons. The SMILES string of the molecule is CC1(C)CCCNC1CNC(=O)c1ccccc1[N+](=O)[O-]. The van der Waals surface area contributed by atoms with Gasteiger partial charge in [-0.2, -0.15) is 0 Å². The Hall–Kier alpha value is -1.95. The molecule has 0 aliphatic carbocycles. The van der Waals surface area contributed by atoms with Crippen molar-refractivity contribution in [3.8, 4) is 0 Å². The van der Waals surface area contributed by atoms with Crippen molar-refractivity contribution in [2.75, 3.05) is 13.1 Å². The number of para-hydroxylation sites is 1. The van der Waals surface area contributed by atoms with Gasteiger partial charge in [0, 0.05) is 18.7 Å². The predicted octanol–water partition coefficient (Wildman–Crippen LogP) is 2.10. The number of nitrogens with one attached hydrogen (secondary N) is 2. The van der Waals surface area contributed by atoms with E-state index in [4.69, 9.17) is 0 Å². The van der Waals surface area contributed by atoms with Crippen molar-refractivity contribution in [3.63, 3.8) is 0 Å². The minimum atomic E-state index is -0.530. The quantitative estimate of drug-likeness (QED) is 0.657. The number of hydrogen-bond donors (Lipinski definition) is 2. The van der Waals surface area contributed by atoms with E-state index in [1.54, 1.807) is 12.1 Å². The summed E-state index contributed by atoms with van der Waals surface area (Å²) in [6.07, 6.45) is 2.23. The molecule has 6 nitrogen and oxygen atoms in total. The van der Waals surface area contributed by atoms with Crippen molar-refractivity contribution in [2.24, 2.45) is 5.41 Å². The minimum absolute atomic E-state index is 0.105. The molecule has 6 heteroatoms. The molecule has 1 aliphatic heterocycles. The molecule has 1 fully saturated rings. The molecule has 1 atom stereocenters. The zero-order valence-electron chi connectivity index (χ0n) is 12.4. The van der Waals surface area contributed by atoms with Gasteiger partial charge in [-0.1, -0.05) is 26.0 Å². The lowest BCUT2D eigenvalue weighted by Gasteiger charge is -2.39. The maximum atomic E-state index is 12.2. The molecule has 1 heterocycles. The lowest BCUT2D eigenvalue weighted by molar-refractivity contribution is -0.385. The van der Waals surface area contributed by atoms with Gasteiger partial charge in [0.05, 0.1) is 4.92 Å². The van der Waals surface area contributed by atoms with Crippen molar-refractivity contribution in [1.29, 1.82) is 0 Å². The number of hydrogen-bond acceptors (Lipinski definition) is 4. The van der Waals surface area contributed by atoms with Crippen LogP contribution in [0.3, 0.4) is 0 Å². The van der Waals surface area contributed by atoms with Crippen molar-refractivity contribution in [1.82, 2.24) is 10.6 Å². The van der Waals surface area contributed by atoms with Crippen LogP contribution in [0.1, 0.15) is 37.0 Å². The Morgan fingerprint density at radius 3 is 2.86 bits per heavy atom. The summed E-state index contributed by atoms with van der Waals surface area (Å²) in [5, 5.41) is 17.2. The maximum Gasteiger partial charge on any atom is 0.282 e. The van der Waals surface area contributed by atoms with Crippen LogP contribution in [0, 0.1) is 15.5 Å². The third-order valence-corrected chi connectivity index (χ3v) is 4.14. The third-order valence-electron chi connectivity index (χ3n) is 4.14. The highest BCUT2D eigenvalue weighted by Crippen LogP contribution is 2.29. The normalized spacial score (nSPS) is 20.8. The Morgan fingerprint density at radius 2 is 2.19 bits per heavy atom. The van der Waals surface area contributed by atoms with E-state index >= 15 is 0 Å². The number of carbonyl (C=O) groups excluding carboxylic acids is 1. The zero-order valence-corrected chi connectivity index (χ0v) is 12.4. The highest BCUT2D eigenvalue weighted by atomic mass is 16.6. The fraction of sp³-hybridized carbons (Fsp3) is 0.533. The largest absolute Gasteiger partial charge is 0.350 e. The van der Waals surface area contributed by atoms with Crippen molar-refractivity contribution in [2.45, 2.75) is 32.7 Å². The number of piperidine rings is 1. The fourth-order valence-corrected chi connectivity index (χ4v) is 2.73. The number of nitrogens with zero attached hydrogens (tertiary/aromatic N) is 1. The molecule has 0 spiro atoms. The molecule has 1 unspecified atom stereocenters. The van der Waals surface area contributed by atoms with Crippen molar-refractivity contribution < 1.29 is 9.72 Å². The van der Waals surface area contributed by atoms with Gasteiger partial charge < -0.3 is 10.6 Å². The predicted molar refractivity (Wildman–Crippen MR) is 80.2 cm³/mol. The van der Waals surface area contributed by atoms with E-state index in [-0.39, 0.29) is 22.7 Å². The fourth-order valence-electron chi connectivity index (χ4n) is 2.73. The Kier molecular flexibility index (Phi) is 4.57. The monoisotopic (exact) mass is 291 g/mol. The molecule has 0 radical (unpaired) electrons. The molecule has 1 aromatic rings. The van der Waals surface area contributed by atoms with Gasteiger partial charge in [-0.05, 0) is 30.9 Å². The van der Waals surface area contributed by atoms with Crippen LogP contribution in [-0.4, -0.2) is 30.0 Å². The van der Waals surface area contributed by atoms with Crippen LogP contribution in [0.2, 0.25) is 0 Å². The molecule has 0 bridgehead atoms. The molecule has 2 rings (SSSR count). The average molecular weight is 291 g/mol. The number of benzene rings is 1. The second kappa shape index (κ2) is 6.22. The van der Waals surface area contributed by atoms with Gasteiger partial charge in [-0.3, -0.25) is 14.9 Å². The van der Waals surface area contributed by atoms with E-state index < -0.39 is 10.8 Å². The Morgan fingerprint density at radius 1 is 1.48 bits per heavy atom. The highest BCUT2D eigenvalue weighted by molar-refractivity contribution is 5.98. The molecule has 1 aliphatic rings. The van der Waals surface area contributed by atoms with Crippen LogP contribution in [0.15, 0.2) is 24.3 Å². The van der Waals surface area contributed by atoms with Gasteiger partial charge in [0.2, 0.25) is 0 Å². The Bertz CT molecular complexity index is 543. The Balaban J connectivity index is 2.04. The molecule has 0 saturated carbocycles. The van der Waals surface area contributed by atoms with Crippen LogP contribution in [0.5, 0.6) is 0 Å². The number of carbonyl (C=O) groups is 1. The lowest BCUT2D eigenvalue weighted by Crippen LogP contribution is -2.52. The number of rotatable bonds is 4. The average Bonchev–Trinajstić information content (AvgIpc) is 2.45. The first kappa shape index (κ1) is 15.4. The summed E-state index contributed by atoms with van der Waals surface area (Å²) in [6, 6.07) is 6.19. The number of amides is 1. The lowest BCUT2D eigenvalue weighted by atomic mass is 9.77. The van der Waals surface area contributed by atoms with Gasteiger partial charge in [-0.25, -0.2) is 0 Å². The Labute approximate surface area is 124 Å². The van der Waals surface area contributed by atoms with E-state index in [1.807, 2.05) is 0 Å². The second-order valence-corrected chi connectivity index (χ2v) is 6.08. The maximum absolute atomic E-state index is 12.2. The van der Waals surface area contributed by atoms with Crippen LogP contribution >= 0.6 is 0 Å². The number of nitro benzene ring substituents is 1. The van der Waals surface area contributed by atoms with Crippen LogP contribution in [0.4, 0.5) is 5.69 Å². The molecule has 21 heavy (non-hydrogen) atoms. The molecule has 1 amide bonds. The van der Waals surface area contributed by atoms with Crippen molar-refractivity contribution in [3.05, 3.63) is 39.9 Å². The number of nitro groups is 1. The van der Waals surface area contributed by atoms with Crippen molar-refractivity contribution >= 4 is 11.6 Å². The summed E-state index contributed by atoms with van der Waals surface area (Å²) in [4.78, 5) is 22.6. The van der Waals surface area contributed by atoms with Gasteiger partial charge in [0.1, 0.15) is 5.56 Å². The first-order valence-electron chi connectivity index (χ1n) is 7.17. The summed E-state index contributed by atoms with van der Waals surface area (Å²) in [7, 11) is 0.